The van der Waals surface area contributed by atoms with Gasteiger partial charge in [-0.2, -0.15) is 4.31 Å². The first-order valence-electron chi connectivity index (χ1n) is 6.97. The molecule has 4 nitrogen and oxygen atoms in total. The van der Waals surface area contributed by atoms with Gasteiger partial charge in [0.1, 0.15) is 0 Å². The van der Waals surface area contributed by atoms with Crippen molar-refractivity contribution in [2.45, 2.75) is 51.5 Å². The standard InChI is InChI=1S/C15H26N2O2S/c1-6-9-17(15(4,5)11-16)20(18,19)14-10-12(2)7-8-13(14)3/h7-8,10H,6,9,11,16H2,1-5H3. The molecule has 20 heavy (non-hydrogen) atoms. The second-order valence-electron chi connectivity index (χ2n) is 5.86. The first-order chi connectivity index (χ1) is 9.16. The quantitative estimate of drug-likeness (QED) is 0.877. The Hall–Kier alpha value is -0.910. The Labute approximate surface area is 123 Å². The Balaban J connectivity index is 3.41. The van der Waals surface area contributed by atoms with Gasteiger partial charge in [-0.05, 0) is 51.3 Å². The number of rotatable bonds is 6. The SMILES string of the molecule is CCCN(C(C)(C)CN)S(=O)(=O)c1cc(C)ccc1C. The molecule has 1 aromatic carbocycles. The molecule has 5 heteroatoms. The van der Waals surface area contributed by atoms with Crippen molar-refractivity contribution in [2.75, 3.05) is 13.1 Å². The largest absolute Gasteiger partial charge is 0.329 e. The van der Waals surface area contributed by atoms with Crippen molar-refractivity contribution in [2.24, 2.45) is 5.73 Å². The molecule has 0 bridgehead atoms. The molecular weight excluding hydrogens is 272 g/mol. The number of hydrogen-bond acceptors (Lipinski definition) is 3. The maximum absolute atomic E-state index is 13.0. The third-order valence-corrected chi connectivity index (χ3v) is 5.77. The molecule has 1 aromatic rings. The Morgan fingerprint density at radius 2 is 1.85 bits per heavy atom. The molecule has 1 rings (SSSR count). The van der Waals surface area contributed by atoms with Crippen LogP contribution >= 0.6 is 0 Å². The highest BCUT2D eigenvalue weighted by Crippen LogP contribution is 2.27. The predicted octanol–water partition coefficient (Wildman–Crippen LogP) is 2.44. The summed E-state index contributed by atoms with van der Waals surface area (Å²) in [5.41, 5.74) is 6.89. The van der Waals surface area contributed by atoms with Crippen molar-refractivity contribution in [3.05, 3.63) is 29.3 Å². The van der Waals surface area contributed by atoms with E-state index in [4.69, 9.17) is 5.73 Å². The van der Waals surface area contributed by atoms with Gasteiger partial charge in [0.15, 0.2) is 0 Å². The van der Waals surface area contributed by atoms with Crippen LogP contribution in [-0.4, -0.2) is 31.4 Å². The van der Waals surface area contributed by atoms with Crippen LogP contribution in [0.4, 0.5) is 0 Å². The summed E-state index contributed by atoms with van der Waals surface area (Å²) in [4.78, 5) is 0.382. The van der Waals surface area contributed by atoms with Gasteiger partial charge < -0.3 is 5.73 Å². The van der Waals surface area contributed by atoms with Crippen molar-refractivity contribution >= 4 is 10.0 Å². The van der Waals surface area contributed by atoms with E-state index in [9.17, 15) is 8.42 Å². The highest BCUT2D eigenvalue weighted by molar-refractivity contribution is 7.89. The predicted molar refractivity (Wildman–Crippen MR) is 83.2 cm³/mol. The van der Waals surface area contributed by atoms with Gasteiger partial charge in [0.25, 0.3) is 0 Å². The van der Waals surface area contributed by atoms with E-state index >= 15 is 0 Å². The highest BCUT2D eigenvalue weighted by atomic mass is 32.2. The molecule has 2 N–H and O–H groups in total. The molecule has 0 radical (unpaired) electrons. The lowest BCUT2D eigenvalue weighted by Gasteiger charge is -2.36. The smallest absolute Gasteiger partial charge is 0.243 e. The van der Waals surface area contributed by atoms with Crippen LogP contribution in [0, 0.1) is 13.8 Å². The van der Waals surface area contributed by atoms with Gasteiger partial charge in [0.2, 0.25) is 10.0 Å². The van der Waals surface area contributed by atoms with Crippen molar-refractivity contribution in [3.63, 3.8) is 0 Å². The zero-order chi connectivity index (χ0) is 15.6. The molecule has 0 spiro atoms. The average molecular weight is 298 g/mol. The lowest BCUT2D eigenvalue weighted by Crippen LogP contribution is -2.52. The number of aryl methyl sites for hydroxylation is 2. The van der Waals surface area contributed by atoms with Crippen LogP contribution in [-0.2, 0) is 10.0 Å². The molecule has 0 aliphatic rings. The Morgan fingerprint density at radius 1 is 1.25 bits per heavy atom. The van der Waals surface area contributed by atoms with E-state index in [0.29, 0.717) is 11.4 Å². The summed E-state index contributed by atoms with van der Waals surface area (Å²) in [5, 5.41) is 0. The van der Waals surface area contributed by atoms with Crippen LogP contribution in [0.3, 0.4) is 0 Å². The topological polar surface area (TPSA) is 63.4 Å². The minimum absolute atomic E-state index is 0.289. The minimum atomic E-state index is -3.53. The van der Waals surface area contributed by atoms with Gasteiger partial charge in [-0.25, -0.2) is 8.42 Å². The molecule has 114 valence electrons. The van der Waals surface area contributed by atoms with Crippen LogP contribution in [0.15, 0.2) is 23.1 Å². The Kier molecular flexibility index (Phi) is 5.35. The molecule has 0 fully saturated rings. The molecule has 0 heterocycles. The summed E-state index contributed by atoms with van der Waals surface area (Å²) < 4.78 is 27.5. The molecule has 0 unspecified atom stereocenters. The summed E-state index contributed by atoms with van der Waals surface area (Å²) >= 11 is 0. The van der Waals surface area contributed by atoms with Gasteiger partial charge in [-0.3, -0.25) is 0 Å². The van der Waals surface area contributed by atoms with E-state index in [1.165, 1.54) is 4.31 Å². The molecule has 0 atom stereocenters. The maximum atomic E-state index is 13.0. The lowest BCUT2D eigenvalue weighted by atomic mass is 10.1. The fraction of sp³-hybridized carbons (Fsp3) is 0.600. The lowest BCUT2D eigenvalue weighted by molar-refractivity contribution is 0.235. The highest BCUT2D eigenvalue weighted by Gasteiger charge is 2.36. The monoisotopic (exact) mass is 298 g/mol. The van der Waals surface area contributed by atoms with Crippen LogP contribution in [0.2, 0.25) is 0 Å². The second kappa shape index (κ2) is 6.24. The summed E-state index contributed by atoms with van der Waals surface area (Å²) in [5.74, 6) is 0. The number of sulfonamides is 1. The molecule has 0 aliphatic carbocycles. The van der Waals surface area contributed by atoms with E-state index in [1.54, 1.807) is 6.07 Å². The van der Waals surface area contributed by atoms with Crippen LogP contribution < -0.4 is 5.73 Å². The Bertz CT molecular complexity index is 565. The van der Waals surface area contributed by atoms with Gasteiger partial charge in [0, 0.05) is 18.6 Å². The zero-order valence-corrected chi connectivity index (χ0v) is 13.9. The minimum Gasteiger partial charge on any atom is -0.329 e. The van der Waals surface area contributed by atoms with E-state index < -0.39 is 15.6 Å². The van der Waals surface area contributed by atoms with Crippen molar-refractivity contribution in [1.29, 1.82) is 0 Å². The van der Waals surface area contributed by atoms with Crippen molar-refractivity contribution < 1.29 is 8.42 Å². The molecule has 0 saturated carbocycles. The summed E-state index contributed by atoms with van der Waals surface area (Å²) in [6.45, 7) is 10.2. The third kappa shape index (κ3) is 3.40. The van der Waals surface area contributed by atoms with Gasteiger partial charge in [-0.1, -0.05) is 19.1 Å². The van der Waals surface area contributed by atoms with E-state index in [2.05, 4.69) is 0 Å². The average Bonchev–Trinajstić information content (AvgIpc) is 2.38. The van der Waals surface area contributed by atoms with Gasteiger partial charge in [0.05, 0.1) is 4.90 Å². The second-order valence-corrected chi connectivity index (χ2v) is 7.69. The van der Waals surface area contributed by atoms with Crippen LogP contribution in [0.1, 0.15) is 38.3 Å². The van der Waals surface area contributed by atoms with Gasteiger partial charge >= 0.3 is 0 Å². The maximum Gasteiger partial charge on any atom is 0.243 e. The normalized spacial score (nSPS) is 12.9. The first-order valence-corrected chi connectivity index (χ1v) is 8.41. The molecule has 0 aliphatic heterocycles. The number of benzene rings is 1. The van der Waals surface area contributed by atoms with Crippen molar-refractivity contribution in [1.82, 2.24) is 4.31 Å². The Morgan fingerprint density at radius 3 is 2.35 bits per heavy atom. The summed E-state index contributed by atoms with van der Waals surface area (Å²) in [6, 6.07) is 5.51. The zero-order valence-electron chi connectivity index (χ0n) is 13.1. The number of nitrogens with two attached hydrogens (primary N) is 1. The van der Waals surface area contributed by atoms with Crippen molar-refractivity contribution in [3.8, 4) is 0 Å². The summed E-state index contributed by atoms with van der Waals surface area (Å²) in [7, 11) is -3.53. The number of nitrogens with zero attached hydrogens (tertiary/aromatic N) is 1. The first kappa shape index (κ1) is 17.1. The number of hydrogen-bond donors (Lipinski definition) is 1. The van der Waals surface area contributed by atoms with E-state index in [-0.39, 0.29) is 6.54 Å². The van der Waals surface area contributed by atoms with Gasteiger partial charge in [-0.15, -0.1) is 0 Å². The van der Waals surface area contributed by atoms with Crippen LogP contribution in [0.25, 0.3) is 0 Å². The van der Waals surface area contributed by atoms with E-state index in [1.807, 2.05) is 46.8 Å². The van der Waals surface area contributed by atoms with Crippen LogP contribution in [0.5, 0.6) is 0 Å². The fourth-order valence-electron chi connectivity index (χ4n) is 2.16. The fourth-order valence-corrected chi connectivity index (χ4v) is 4.35. The summed E-state index contributed by atoms with van der Waals surface area (Å²) in [6.07, 6.45) is 0.757. The van der Waals surface area contributed by atoms with E-state index in [0.717, 1.165) is 17.5 Å². The molecular formula is C15H26N2O2S. The molecule has 0 aromatic heterocycles. The molecule has 0 amide bonds. The molecule has 0 saturated heterocycles. The third-order valence-electron chi connectivity index (χ3n) is 3.51.